The highest BCUT2D eigenvalue weighted by Gasteiger charge is 2.21. The quantitative estimate of drug-likeness (QED) is 0.741. The summed E-state index contributed by atoms with van der Waals surface area (Å²) >= 11 is 5.89. The molecule has 1 N–H and O–H groups in total. The lowest BCUT2D eigenvalue weighted by Crippen LogP contribution is -2.11. The Morgan fingerprint density at radius 3 is 2.62 bits per heavy atom. The van der Waals surface area contributed by atoms with Crippen LogP contribution in [-0.2, 0) is 10.8 Å². The number of aromatic amines is 1. The van der Waals surface area contributed by atoms with Crippen LogP contribution >= 0.6 is 11.6 Å². The van der Waals surface area contributed by atoms with Gasteiger partial charge in [0, 0.05) is 11.8 Å². The molecule has 7 heteroatoms. The summed E-state index contributed by atoms with van der Waals surface area (Å²) in [6.07, 6.45) is 2.42. The molecule has 124 valence electrons. The molecule has 0 spiro atoms. The average molecular weight is 365 g/mol. The van der Waals surface area contributed by atoms with E-state index in [0.717, 1.165) is 0 Å². The molecule has 2 unspecified atom stereocenters. The van der Waals surface area contributed by atoms with E-state index in [9.17, 15) is 8.60 Å². The Morgan fingerprint density at radius 2 is 2.00 bits per heavy atom. The van der Waals surface area contributed by atoms with E-state index in [1.807, 2.05) is 18.2 Å². The van der Waals surface area contributed by atoms with E-state index in [-0.39, 0.29) is 5.02 Å². The Morgan fingerprint density at radius 1 is 1.25 bits per heavy atom. The minimum Gasteiger partial charge on any atom is -0.478 e. The summed E-state index contributed by atoms with van der Waals surface area (Å²) in [5, 5.41) is 0.486. The van der Waals surface area contributed by atoms with Crippen molar-refractivity contribution in [1.29, 1.82) is 0 Å². The second-order valence-corrected chi connectivity index (χ2v) is 6.83. The lowest BCUT2D eigenvalue weighted by molar-refractivity contribution is 0.237. The van der Waals surface area contributed by atoms with Crippen LogP contribution in [0.2, 0.25) is 5.02 Å². The van der Waals surface area contributed by atoms with Crippen molar-refractivity contribution in [2.75, 3.05) is 6.26 Å². The van der Waals surface area contributed by atoms with Crippen LogP contribution in [0.25, 0.3) is 0 Å². The zero-order valence-corrected chi connectivity index (χ0v) is 14.3. The molecular formula is C17H14ClFN2O2S. The number of hydrogen-bond acceptors (Lipinski definition) is 3. The van der Waals surface area contributed by atoms with Crippen LogP contribution in [-0.4, -0.2) is 20.4 Å². The maximum Gasteiger partial charge on any atom is 0.181 e. The van der Waals surface area contributed by atoms with E-state index in [0.29, 0.717) is 22.2 Å². The van der Waals surface area contributed by atoms with E-state index in [1.54, 1.807) is 24.5 Å². The first-order valence-electron chi connectivity index (χ1n) is 7.09. The number of nitrogens with one attached hydrogen (secondary N) is 1. The summed E-state index contributed by atoms with van der Waals surface area (Å²) in [6.45, 7) is 0. The number of H-pyrrole nitrogens is 1. The molecule has 1 aromatic heterocycles. The van der Waals surface area contributed by atoms with Crippen molar-refractivity contribution in [3.05, 3.63) is 77.0 Å². The van der Waals surface area contributed by atoms with Gasteiger partial charge in [0.1, 0.15) is 16.6 Å². The van der Waals surface area contributed by atoms with Crippen molar-refractivity contribution in [2.45, 2.75) is 11.1 Å². The zero-order valence-electron chi connectivity index (χ0n) is 12.7. The summed E-state index contributed by atoms with van der Waals surface area (Å²) < 4.78 is 31.1. The van der Waals surface area contributed by atoms with E-state index < -0.39 is 22.7 Å². The molecule has 1 heterocycles. The number of nitrogens with zero attached hydrogens (tertiary/aromatic N) is 1. The van der Waals surface area contributed by atoms with Gasteiger partial charge in [-0.05, 0) is 24.3 Å². The van der Waals surface area contributed by atoms with Gasteiger partial charge in [0.2, 0.25) is 0 Å². The fourth-order valence-electron chi connectivity index (χ4n) is 2.19. The Labute approximate surface area is 146 Å². The minimum atomic E-state index is -1.20. The van der Waals surface area contributed by atoms with Gasteiger partial charge in [0.25, 0.3) is 0 Å². The van der Waals surface area contributed by atoms with Gasteiger partial charge in [-0.15, -0.1) is 0 Å². The maximum atomic E-state index is 13.5. The molecule has 0 bridgehead atoms. The van der Waals surface area contributed by atoms with E-state index in [2.05, 4.69) is 9.97 Å². The predicted octanol–water partition coefficient (Wildman–Crippen LogP) is 4.11. The van der Waals surface area contributed by atoms with E-state index in [1.165, 1.54) is 18.3 Å². The number of aromatic nitrogens is 2. The van der Waals surface area contributed by atoms with Crippen LogP contribution in [0.1, 0.15) is 17.5 Å². The SMILES string of the molecule is CS(=O)c1cnc(C(Oc2ccccc2)c2ccc(F)c(Cl)c2)[nH]1. The zero-order chi connectivity index (χ0) is 17.1. The lowest BCUT2D eigenvalue weighted by Gasteiger charge is -2.18. The van der Waals surface area contributed by atoms with Crippen molar-refractivity contribution in [3.63, 3.8) is 0 Å². The largest absolute Gasteiger partial charge is 0.478 e. The summed E-state index contributed by atoms with van der Waals surface area (Å²) in [5.41, 5.74) is 0.632. The topological polar surface area (TPSA) is 55.0 Å². The van der Waals surface area contributed by atoms with Crippen molar-refractivity contribution in [1.82, 2.24) is 9.97 Å². The number of hydrogen-bond donors (Lipinski definition) is 1. The number of halogens is 2. The highest BCUT2D eigenvalue weighted by atomic mass is 35.5. The number of para-hydroxylation sites is 1. The van der Waals surface area contributed by atoms with Gasteiger partial charge in [-0.1, -0.05) is 35.9 Å². The lowest BCUT2D eigenvalue weighted by atomic mass is 10.1. The van der Waals surface area contributed by atoms with Gasteiger partial charge in [0.15, 0.2) is 11.9 Å². The van der Waals surface area contributed by atoms with E-state index in [4.69, 9.17) is 16.3 Å². The van der Waals surface area contributed by atoms with Gasteiger partial charge in [-0.25, -0.2) is 9.37 Å². The fraction of sp³-hybridized carbons (Fsp3) is 0.118. The predicted molar refractivity (Wildman–Crippen MR) is 91.2 cm³/mol. The van der Waals surface area contributed by atoms with Gasteiger partial charge >= 0.3 is 0 Å². The van der Waals surface area contributed by atoms with Gasteiger partial charge in [0.05, 0.1) is 22.0 Å². The summed E-state index contributed by atoms with van der Waals surface area (Å²) in [5.74, 6) is 0.582. The molecule has 0 saturated heterocycles. The molecule has 2 atom stereocenters. The van der Waals surface area contributed by atoms with Crippen LogP contribution in [0, 0.1) is 5.82 Å². The van der Waals surface area contributed by atoms with Crippen LogP contribution in [0.4, 0.5) is 4.39 Å². The third kappa shape index (κ3) is 3.66. The fourth-order valence-corrected chi connectivity index (χ4v) is 2.83. The normalized spacial score (nSPS) is 13.5. The van der Waals surface area contributed by atoms with Crippen LogP contribution < -0.4 is 4.74 Å². The standard InChI is InChI=1S/C17H14ClFN2O2S/c1-24(22)15-10-20-17(21-15)16(23-12-5-3-2-4-6-12)11-7-8-14(19)13(18)9-11/h2-10,16H,1H3,(H,20,21). The van der Waals surface area contributed by atoms with Crippen molar-refractivity contribution in [2.24, 2.45) is 0 Å². The van der Waals surface area contributed by atoms with Crippen LogP contribution in [0.15, 0.2) is 59.8 Å². The smallest absolute Gasteiger partial charge is 0.181 e. The van der Waals surface area contributed by atoms with Gasteiger partial charge in [-0.2, -0.15) is 0 Å². The third-order valence-corrected chi connectivity index (χ3v) is 4.49. The third-order valence-electron chi connectivity index (χ3n) is 3.37. The molecule has 0 amide bonds. The van der Waals surface area contributed by atoms with Crippen molar-refractivity contribution >= 4 is 22.4 Å². The minimum absolute atomic E-state index is 0.00000850. The molecular weight excluding hydrogens is 351 g/mol. The molecule has 3 aromatic rings. The molecule has 24 heavy (non-hydrogen) atoms. The first kappa shape index (κ1) is 16.7. The number of ether oxygens (including phenoxy) is 1. The Balaban J connectivity index is 2.02. The highest BCUT2D eigenvalue weighted by Crippen LogP contribution is 2.29. The van der Waals surface area contributed by atoms with Crippen LogP contribution in [0.3, 0.4) is 0 Å². The van der Waals surface area contributed by atoms with Crippen molar-refractivity contribution in [3.8, 4) is 5.75 Å². The number of rotatable bonds is 5. The summed E-state index contributed by atoms with van der Waals surface area (Å²) in [4.78, 5) is 7.24. The first-order valence-corrected chi connectivity index (χ1v) is 9.03. The molecule has 0 aliphatic heterocycles. The summed E-state index contributed by atoms with van der Waals surface area (Å²) in [6, 6.07) is 13.5. The highest BCUT2D eigenvalue weighted by molar-refractivity contribution is 7.84. The molecule has 0 fully saturated rings. The monoisotopic (exact) mass is 364 g/mol. The summed E-state index contributed by atoms with van der Waals surface area (Å²) in [7, 11) is -1.20. The maximum absolute atomic E-state index is 13.5. The second kappa shape index (κ2) is 7.15. The first-order chi connectivity index (χ1) is 11.5. The van der Waals surface area contributed by atoms with E-state index >= 15 is 0 Å². The Bertz CT molecular complexity index is 870. The second-order valence-electron chi connectivity index (χ2n) is 5.07. The average Bonchev–Trinajstić information content (AvgIpc) is 3.06. The molecule has 2 aromatic carbocycles. The van der Waals surface area contributed by atoms with Gasteiger partial charge < -0.3 is 9.72 Å². The molecule has 0 aliphatic carbocycles. The molecule has 0 aliphatic rings. The molecule has 4 nitrogen and oxygen atoms in total. The molecule has 0 radical (unpaired) electrons. The van der Waals surface area contributed by atoms with Crippen molar-refractivity contribution < 1.29 is 13.3 Å². The Hall–Kier alpha value is -2.18. The Kier molecular flexibility index (Phi) is 4.97. The molecule has 0 saturated carbocycles. The van der Waals surface area contributed by atoms with Gasteiger partial charge in [-0.3, -0.25) is 4.21 Å². The number of benzene rings is 2. The van der Waals surface area contributed by atoms with Crippen LogP contribution in [0.5, 0.6) is 5.75 Å². The number of imidazole rings is 1. The molecule has 3 rings (SSSR count).